The zero-order valence-electron chi connectivity index (χ0n) is 14.5. The van der Waals surface area contributed by atoms with E-state index < -0.39 is 11.8 Å². The van der Waals surface area contributed by atoms with E-state index in [1.54, 1.807) is 29.6 Å². The fourth-order valence-electron chi connectivity index (χ4n) is 2.28. The van der Waals surface area contributed by atoms with Crippen LogP contribution in [0.25, 0.3) is 0 Å². The molecule has 28 heavy (non-hydrogen) atoms. The van der Waals surface area contributed by atoms with E-state index in [2.05, 4.69) is 4.98 Å². The van der Waals surface area contributed by atoms with Gasteiger partial charge >= 0.3 is 5.97 Å². The Hall–Kier alpha value is -2.95. The third kappa shape index (κ3) is 5.52. The normalized spacial score (nSPS) is 10.3. The molecule has 2 aromatic carbocycles. The zero-order valence-corrected chi connectivity index (χ0v) is 16.1. The molecule has 0 fully saturated rings. The Morgan fingerprint density at radius 3 is 2.75 bits per heavy atom. The minimum Gasteiger partial charge on any atom is -0.486 e. The summed E-state index contributed by atoms with van der Waals surface area (Å²) >= 11 is 7.19. The molecule has 0 aliphatic carbocycles. The molecule has 3 aromatic rings. The van der Waals surface area contributed by atoms with Crippen molar-refractivity contribution in [3.63, 3.8) is 0 Å². The van der Waals surface area contributed by atoms with Crippen molar-refractivity contribution in [2.45, 2.75) is 19.6 Å². The van der Waals surface area contributed by atoms with Crippen LogP contribution in [-0.4, -0.2) is 11.0 Å². The average Bonchev–Trinajstić information content (AvgIpc) is 3.14. The minimum atomic E-state index is -0.530. The van der Waals surface area contributed by atoms with Gasteiger partial charge in [-0.05, 0) is 42.5 Å². The lowest BCUT2D eigenvalue weighted by Gasteiger charge is -2.05. The fraction of sp³-hybridized carbons (Fsp3) is 0.150. The molecule has 0 amide bonds. The molecule has 0 N–H and O–H groups in total. The number of carbonyl (C=O) groups excluding carboxylic acids is 1. The highest BCUT2D eigenvalue weighted by atomic mass is 35.5. The molecule has 142 valence electrons. The quantitative estimate of drug-likeness (QED) is 0.523. The van der Waals surface area contributed by atoms with Gasteiger partial charge in [-0.3, -0.25) is 4.79 Å². The fourth-order valence-corrected chi connectivity index (χ4v) is 3.12. The number of thiazole rings is 1. The maximum atomic E-state index is 13.7. The van der Waals surface area contributed by atoms with Crippen molar-refractivity contribution in [2.75, 3.05) is 0 Å². The number of hydrogen-bond donors (Lipinski definition) is 0. The topological polar surface area (TPSA) is 72.2 Å². The number of esters is 1. The Balaban J connectivity index is 1.50. The van der Waals surface area contributed by atoms with Gasteiger partial charge in [0, 0.05) is 16.0 Å². The number of ether oxygens (including phenoxy) is 2. The average molecular weight is 417 g/mol. The number of nitrogens with zero attached hydrogens (tertiary/aromatic N) is 2. The number of hydrogen-bond acceptors (Lipinski definition) is 6. The molecule has 0 bridgehead atoms. The number of aromatic nitrogens is 1. The Morgan fingerprint density at radius 1 is 1.21 bits per heavy atom. The summed E-state index contributed by atoms with van der Waals surface area (Å²) in [4.78, 5) is 16.3. The van der Waals surface area contributed by atoms with E-state index in [0.29, 0.717) is 27.0 Å². The van der Waals surface area contributed by atoms with Crippen LogP contribution in [0.5, 0.6) is 5.75 Å². The first-order valence-electron chi connectivity index (χ1n) is 8.19. The minimum absolute atomic E-state index is 0.0307. The largest absolute Gasteiger partial charge is 0.486 e. The SMILES string of the molecule is N#Cc1ccc(F)c(COC(=O)Cc2csc(COc3ccc(Cl)cc3)n2)c1. The molecular formula is C20H14ClFN2O3S. The molecule has 5 nitrogen and oxygen atoms in total. The van der Waals surface area contributed by atoms with Crippen LogP contribution < -0.4 is 4.74 Å². The van der Waals surface area contributed by atoms with Crippen LogP contribution in [-0.2, 0) is 29.2 Å². The van der Waals surface area contributed by atoms with E-state index in [9.17, 15) is 9.18 Å². The van der Waals surface area contributed by atoms with Crippen LogP contribution in [0.2, 0.25) is 5.02 Å². The van der Waals surface area contributed by atoms with Gasteiger partial charge in [0.25, 0.3) is 0 Å². The van der Waals surface area contributed by atoms with Crippen LogP contribution in [0, 0.1) is 17.1 Å². The lowest BCUT2D eigenvalue weighted by atomic mass is 10.1. The smallest absolute Gasteiger partial charge is 0.312 e. The molecule has 0 unspecified atom stereocenters. The van der Waals surface area contributed by atoms with Crippen molar-refractivity contribution in [3.8, 4) is 11.8 Å². The second-order valence-electron chi connectivity index (χ2n) is 5.73. The van der Waals surface area contributed by atoms with Gasteiger partial charge in [-0.25, -0.2) is 9.37 Å². The monoisotopic (exact) mass is 416 g/mol. The van der Waals surface area contributed by atoms with Gasteiger partial charge in [0.05, 0.1) is 23.7 Å². The van der Waals surface area contributed by atoms with E-state index in [4.69, 9.17) is 26.3 Å². The van der Waals surface area contributed by atoms with Crippen molar-refractivity contribution in [3.05, 3.63) is 80.5 Å². The van der Waals surface area contributed by atoms with Crippen LogP contribution in [0.1, 0.15) is 21.8 Å². The van der Waals surface area contributed by atoms with Crippen LogP contribution >= 0.6 is 22.9 Å². The molecule has 8 heteroatoms. The summed E-state index contributed by atoms with van der Waals surface area (Å²) < 4.78 is 24.4. The van der Waals surface area contributed by atoms with Crippen molar-refractivity contribution in [2.24, 2.45) is 0 Å². The van der Waals surface area contributed by atoms with Gasteiger partial charge in [0.1, 0.15) is 29.8 Å². The van der Waals surface area contributed by atoms with Gasteiger partial charge < -0.3 is 9.47 Å². The Bertz CT molecular complexity index is 1020. The van der Waals surface area contributed by atoms with Crippen LogP contribution in [0.15, 0.2) is 47.8 Å². The predicted molar refractivity (Wildman–Crippen MR) is 103 cm³/mol. The molecule has 0 aliphatic rings. The Labute approximate surface area is 169 Å². The van der Waals surface area contributed by atoms with E-state index in [-0.39, 0.29) is 25.2 Å². The number of rotatable bonds is 7. The van der Waals surface area contributed by atoms with Crippen molar-refractivity contribution in [1.82, 2.24) is 4.98 Å². The molecule has 0 saturated heterocycles. The summed E-state index contributed by atoms with van der Waals surface area (Å²) in [5.74, 6) is -0.387. The molecular weight excluding hydrogens is 403 g/mol. The van der Waals surface area contributed by atoms with Crippen LogP contribution in [0.4, 0.5) is 4.39 Å². The van der Waals surface area contributed by atoms with Crippen LogP contribution in [0.3, 0.4) is 0 Å². The van der Waals surface area contributed by atoms with Gasteiger partial charge in [0.15, 0.2) is 0 Å². The molecule has 1 aromatic heterocycles. The number of halogens is 2. The first-order valence-corrected chi connectivity index (χ1v) is 9.45. The lowest BCUT2D eigenvalue weighted by Crippen LogP contribution is -2.09. The summed E-state index contributed by atoms with van der Waals surface area (Å²) in [6, 6.07) is 12.8. The van der Waals surface area contributed by atoms with Crippen molar-refractivity contribution in [1.29, 1.82) is 5.26 Å². The maximum absolute atomic E-state index is 13.7. The summed E-state index contributed by atoms with van der Waals surface area (Å²) in [6.07, 6.45) is -0.0307. The first kappa shape index (κ1) is 19.8. The van der Waals surface area contributed by atoms with E-state index >= 15 is 0 Å². The first-order chi connectivity index (χ1) is 13.5. The van der Waals surface area contributed by atoms with Crippen molar-refractivity contribution < 1.29 is 18.7 Å². The van der Waals surface area contributed by atoms with Crippen molar-refractivity contribution >= 4 is 28.9 Å². The van der Waals surface area contributed by atoms with E-state index in [1.807, 2.05) is 6.07 Å². The Kier molecular flexibility index (Phi) is 6.58. The summed E-state index contributed by atoms with van der Waals surface area (Å²) in [6.45, 7) is 0.0321. The standard InChI is InChI=1S/C20H14ClFN2O3S/c21-15-2-4-17(5-3-15)26-11-19-24-16(12-28-19)8-20(25)27-10-14-7-13(9-23)1-6-18(14)22/h1-7,12H,8,10-11H2. The second-order valence-corrected chi connectivity index (χ2v) is 7.11. The zero-order chi connectivity index (χ0) is 19.9. The molecule has 0 aliphatic heterocycles. The summed E-state index contributed by atoms with van der Waals surface area (Å²) in [7, 11) is 0. The second kappa shape index (κ2) is 9.31. The predicted octanol–water partition coefficient (Wildman–Crippen LogP) is 4.67. The number of benzene rings is 2. The summed E-state index contributed by atoms with van der Waals surface area (Å²) in [5, 5.41) is 11.9. The van der Waals surface area contributed by atoms with Gasteiger partial charge in [0.2, 0.25) is 0 Å². The van der Waals surface area contributed by atoms with E-state index in [1.165, 1.54) is 29.5 Å². The molecule has 0 saturated carbocycles. The lowest BCUT2D eigenvalue weighted by molar-refractivity contribution is -0.144. The van der Waals surface area contributed by atoms with E-state index in [0.717, 1.165) is 0 Å². The highest BCUT2D eigenvalue weighted by Crippen LogP contribution is 2.19. The highest BCUT2D eigenvalue weighted by Gasteiger charge is 2.12. The third-order valence-corrected chi connectivity index (χ3v) is 4.79. The number of nitriles is 1. The summed E-state index contributed by atoms with van der Waals surface area (Å²) in [5.41, 5.74) is 1.01. The molecule has 3 rings (SSSR count). The Morgan fingerprint density at radius 2 is 2.00 bits per heavy atom. The van der Waals surface area contributed by atoms with Gasteiger partial charge in [-0.2, -0.15) is 5.26 Å². The van der Waals surface area contributed by atoms with Gasteiger partial charge in [-0.1, -0.05) is 11.6 Å². The molecule has 1 heterocycles. The highest BCUT2D eigenvalue weighted by molar-refractivity contribution is 7.09. The maximum Gasteiger partial charge on any atom is 0.312 e. The third-order valence-electron chi connectivity index (χ3n) is 3.66. The van der Waals surface area contributed by atoms with Gasteiger partial charge in [-0.15, -0.1) is 11.3 Å². The molecule has 0 radical (unpaired) electrons. The number of carbonyl (C=O) groups is 1. The molecule has 0 atom stereocenters. The molecule has 0 spiro atoms.